The normalized spacial score (nSPS) is 11.3. The first-order chi connectivity index (χ1) is 11.5. The summed E-state index contributed by atoms with van der Waals surface area (Å²) in [6, 6.07) is 11.8. The van der Waals surface area contributed by atoms with Crippen molar-refractivity contribution in [1.82, 2.24) is 9.78 Å². The largest absolute Gasteiger partial charge is 0.508 e. The minimum absolute atomic E-state index is 0.157. The molecule has 0 aliphatic rings. The van der Waals surface area contributed by atoms with Gasteiger partial charge in [0.05, 0.1) is 22.0 Å². The van der Waals surface area contributed by atoms with Gasteiger partial charge in [0.25, 0.3) is 0 Å². The van der Waals surface area contributed by atoms with Crippen molar-refractivity contribution in [3.63, 3.8) is 0 Å². The number of benzene rings is 2. The van der Waals surface area contributed by atoms with Gasteiger partial charge in [0.2, 0.25) is 0 Å². The number of hydrogen-bond donors (Lipinski definition) is 2. The molecule has 0 aliphatic carbocycles. The van der Waals surface area contributed by atoms with Crippen LogP contribution in [-0.2, 0) is 7.05 Å². The summed E-state index contributed by atoms with van der Waals surface area (Å²) in [6.45, 7) is 0. The second kappa shape index (κ2) is 6.55. The molecule has 0 atom stereocenters. The Morgan fingerprint density at radius 2 is 1.67 bits per heavy atom. The van der Waals surface area contributed by atoms with Crippen LogP contribution in [0.1, 0.15) is 5.69 Å². The first-order valence-electron chi connectivity index (χ1n) is 7.01. The molecule has 2 N–H and O–H groups in total. The van der Waals surface area contributed by atoms with Gasteiger partial charge in [-0.3, -0.25) is 4.68 Å². The van der Waals surface area contributed by atoms with Gasteiger partial charge < -0.3 is 10.3 Å². The Hall–Kier alpha value is -2.50. The lowest BCUT2D eigenvalue weighted by atomic mass is 9.99. The lowest BCUT2D eigenvalue weighted by Crippen LogP contribution is -1.98. The number of aromatic hydroxyl groups is 1. The van der Waals surface area contributed by atoms with Gasteiger partial charge in [-0.05, 0) is 36.4 Å². The fourth-order valence-corrected chi connectivity index (χ4v) is 3.13. The van der Waals surface area contributed by atoms with Gasteiger partial charge in [0.15, 0.2) is 0 Å². The average Bonchev–Trinajstić information content (AvgIpc) is 2.86. The molecule has 0 bridgehead atoms. The molecule has 0 fully saturated rings. The van der Waals surface area contributed by atoms with Gasteiger partial charge in [0, 0.05) is 23.7 Å². The monoisotopic (exact) mass is 361 g/mol. The molecule has 1 aromatic heterocycles. The summed E-state index contributed by atoms with van der Waals surface area (Å²) < 4.78 is 1.58. The van der Waals surface area contributed by atoms with E-state index < -0.39 is 0 Å². The fraction of sp³-hybridized carbons (Fsp3) is 0.0588. The molecule has 3 aromatic rings. The Morgan fingerprint density at radius 1 is 1.04 bits per heavy atom. The Bertz CT molecular complexity index is 898. The van der Waals surface area contributed by atoms with Gasteiger partial charge in [-0.2, -0.15) is 5.10 Å². The number of nitrogens with zero attached hydrogens (tertiary/aromatic N) is 3. The summed E-state index contributed by atoms with van der Waals surface area (Å²) >= 11 is 12.7. The molecule has 0 spiro atoms. The standard InChI is InChI=1S/C17H13Cl2N3O2/c1-22-14(9-20-24)16(15-12(18)3-2-4-13(15)19)17(21-22)10-5-7-11(23)8-6-10/h2-9,23-24H,1H3/b20-9+. The van der Waals surface area contributed by atoms with Crippen LogP contribution in [0.15, 0.2) is 47.6 Å². The zero-order valence-corrected chi connectivity index (χ0v) is 14.1. The zero-order valence-electron chi connectivity index (χ0n) is 12.6. The lowest BCUT2D eigenvalue weighted by Gasteiger charge is -2.09. The molecule has 0 radical (unpaired) electrons. The Labute approximate surface area is 148 Å². The average molecular weight is 362 g/mol. The maximum Gasteiger partial charge on any atom is 0.115 e. The van der Waals surface area contributed by atoms with E-state index >= 15 is 0 Å². The predicted molar refractivity (Wildman–Crippen MR) is 95.1 cm³/mol. The molecule has 1 heterocycles. The van der Waals surface area contributed by atoms with E-state index in [1.165, 1.54) is 6.21 Å². The van der Waals surface area contributed by atoms with Crippen LogP contribution in [-0.4, -0.2) is 26.3 Å². The van der Waals surface area contributed by atoms with Crippen molar-refractivity contribution in [1.29, 1.82) is 0 Å². The zero-order chi connectivity index (χ0) is 17.3. The molecule has 0 saturated carbocycles. The highest BCUT2D eigenvalue weighted by atomic mass is 35.5. The molecule has 0 unspecified atom stereocenters. The number of phenols is 1. The molecule has 122 valence electrons. The molecule has 0 aliphatic heterocycles. The SMILES string of the molecule is Cn1nc(-c2ccc(O)cc2)c(-c2c(Cl)cccc2Cl)c1/C=N/O. The molecule has 5 nitrogen and oxygen atoms in total. The molecule has 7 heteroatoms. The molecular formula is C17H13Cl2N3O2. The van der Waals surface area contributed by atoms with E-state index in [4.69, 9.17) is 28.4 Å². The van der Waals surface area contributed by atoms with Crippen LogP contribution in [0.2, 0.25) is 10.0 Å². The second-order valence-electron chi connectivity index (χ2n) is 5.12. The third-order valence-electron chi connectivity index (χ3n) is 3.63. The van der Waals surface area contributed by atoms with Crippen LogP contribution in [0.5, 0.6) is 5.75 Å². The fourth-order valence-electron chi connectivity index (χ4n) is 2.54. The lowest BCUT2D eigenvalue weighted by molar-refractivity contribution is 0.321. The Kier molecular flexibility index (Phi) is 4.46. The minimum atomic E-state index is 0.157. The van der Waals surface area contributed by atoms with Crippen molar-refractivity contribution in [2.45, 2.75) is 0 Å². The van der Waals surface area contributed by atoms with E-state index in [-0.39, 0.29) is 5.75 Å². The van der Waals surface area contributed by atoms with E-state index in [2.05, 4.69) is 10.3 Å². The summed E-state index contributed by atoms with van der Waals surface area (Å²) in [4.78, 5) is 0. The van der Waals surface area contributed by atoms with Crippen LogP contribution < -0.4 is 0 Å². The van der Waals surface area contributed by atoms with E-state index in [9.17, 15) is 5.11 Å². The molecule has 0 amide bonds. The first kappa shape index (κ1) is 16.4. The number of rotatable bonds is 3. The van der Waals surface area contributed by atoms with Gasteiger partial charge in [-0.15, -0.1) is 0 Å². The molecular weight excluding hydrogens is 349 g/mol. The maximum absolute atomic E-state index is 9.50. The van der Waals surface area contributed by atoms with Gasteiger partial charge in [-0.1, -0.05) is 34.4 Å². The van der Waals surface area contributed by atoms with Gasteiger partial charge >= 0.3 is 0 Å². The van der Waals surface area contributed by atoms with E-state index in [1.54, 1.807) is 54.2 Å². The summed E-state index contributed by atoms with van der Waals surface area (Å²) in [5, 5.41) is 27.0. The highest BCUT2D eigenvalue weighted by Gasteiger charge is 2.22. The smallest absolute Gasteiger partial charge is 0.115 e. The molecule has 0 saturated heterocycles. The Balaban J connectivity index is 2.36. The third kappa shape index (κ3) is 2.84. The van der Waals surface area contributed by atoms with Crippen LogP contribution in [0.3, 0.4) is 0 Å². The van der Waals surface area contributed by atoms with Crippen molar-refractivity contribution < 1.29 is 10.3 Å². The number of oxime groups is 1. The quantitative estimate of drug-likeness (QED) is 0.407. The molecule has 2 aromatic carbocycles. The van der Waals surface area contributed by atoms with Gasteiger partial charge in [-0.25, -0.2) is 0 Å². The molecule has 24 heavy (non-hydrogen) atoms. The maximum atomic E-state index is 9.50. The van der Waals surface area contributed by atoms with E-state index in [0.29, 0.717) is 32.6 Å². The highest BCUT2D eigenvalue weighted by Crippen LogP contribution is 2.41. The molecule has 3 rings (SSSR count). The number of phenolic OH excluding ortho intramolecular Hbond substituents is 1. The van der Waals surface area contributed by atoms with Crippen molar-refractivity contribution in [3.8, 4) is 28.1 Å². The Morgan fingerprint density at radius 3 is 2.25 bits per heavy atom. The van der Waals surface area contributed by atoms with E-state index in [0.717, 1.165) is 5.56 Å². The number of aryl methyl sites for hydroxylation is 1. The van der Waals surface area contributed by atoms with Crippen LogP contribution in [0, 0.1) is 0 Å². The number of hydrogen-bond acceptors (Lipinski definition) is 4. The summed E-state index contributed by atoms with van der Waals surface area (Å²) in [6.07, 6.45) is 1.28. The summed E-state index contributed by atoms with van der Waals surface area (Å²) in [7, 11) is 1.73. The topological polar surface area (TPSA) is 70.6 Å². The third-order valence-corrected chi connectivity index (χ3v) is 4.26. The number of aromatic nitrogens is 2. The second-order valence-corrected chi connectivity index (χ2v) is 5.93. The van der Waals surface area contributed by atoms with Crippen molar-refractivity contribution in [2.24, 2.45) is 12.2 Å². The number of halogens is 2. The highest BCUT2D eigenvalue weighted by molar-refractivity contribution is 6.39. The van der Waals surface area contributed by atoms with E-state index in [1.807, 2.05) is 0 Å². The summed E-state index contributed by atoms with van der Waals surface area (Å²) in [5.41, 5.74) is 3.19. The van der Waals surface area contributed by atoms with Gasteiger partial charge in [0.1, 0.15) is 11.4 Å². The summed E-state index contributed by atoms with van der Waals surface area (Å²) in [5.74, 6) is 0.157. The first-order valence-corrected chi connectivity index (χ1v) is 7.76. The predicted octanol–water partition coefficient (Wildman–Crippen LogP) is 4.57. The van der Waals surface area contributed by atoms with Crippen molar-refractivity contribution >= 4 is 29.4 Å². The van der Waals surface area contributed by atoms with Crippen molar-refractivity contribution in [3.05, 3.63) is 58.2 Å². The van der Waals surface area contributed by atoms with Crippen LogP contribution in [0.25, 0.3) is 22.4 Å². The van der Waals surface area contributed by atoms with Crippen LogP contribution >= 0.6 is 23.2 Å². The minimum Gasteiger partial charge on any atom is -0.508 e. The van der Waals surface area contributed by atoms with Crippen LogP contribution in [0.4, 0.5) is 0 Å². The van der Waals surface area contributed by atoms with Crippen molar-refractivity contribution in [2.75, 3.05) is 0 Å².